The van der Waals surface area contributed by atoms with E-state index in [1.54, 1.807) is 17.8 Å². The zero-order valence-corrected chi connectivity index (χ0v) is 16.1. The van der Waals surface area contributed by atoms with E-state index in [4.69, 9.17) is 0 Å². The molecule has 1 aromatic carbocycles. The molecule has 5 nitrogen and oxygen atoms in total. The molecule has 0 radical (unpaired) electrons. The van der Waals surface area contributed by atoms with Gasteiger partial charge in [-0.25, -0.2) is 4.39 Å². The van der Waals surface area contributed by atoms with Gasteiger partial charge in [-0.3, -0.25) is 9.48 Å². The van der Waals surface area contributed by atoms with Crippen molar-refractivity contribution in [3.63, 3.8) is 0 Å². The van der Waals surface area contributed by atoms with Gasteiger partial charge in [0.2, 0.25) is 5.91 Å². The molecule has 3 unspecified atom stereocenters. The summed E-state index contributed by atoms with van der Waals surface area (Å²) in [5.41, 5.74) is 0.718. The third-order valence-corrected chi connectivity index (χ3v) is 7.12. The Kier molecular flexibility index (Phi) is 3.38. The van der Waals surface area contributed by atoms with Crippen LogP contribution < -0.4 is 0 Å². The zero-order valence-electron chi connectivity index (χ0n) is 16.1. The molecular weight excluding hydrogens is 345 g/mol. The summed E-state index contributed by atoms with van der Waals surface area (Å²) in [4.78, 5) is 15.5. The molecule has 1 amide bonds. The summed E-state index contributed by atoms with van der Waals surface area (Å²) in [6.07, 6.45) is 4.06. The Bertz CT molecular complexity index is 916. The molecular formula is C21H26FN3O2. The smallest absolute Gasteiger partial charge is 0.232 e. The first-order chi connectivity index (χ1) is 12.7. The highest BCUT2D eigenvalue weighted by Crippen LogP contribution is 2.58. The summed E-state index contributed by atoms with van der Waals surface area (Å²) < 4.78 is 16.1. The van der Waals surface area contributed by atoms with E-state index in [0.717, 1.165) is 19.3 Å². The van der Waals surface area contributed by atoms with Crippen molar-refractivity contribution in [3.05, 3.63) is 29.7 Å². The second kappa shape index (κ2) is 5.31. The van der Waals surface area contributed by atoms with Gasteiger partial charge in [0.05, 0.1) is 28.1 Å². The van der Waals surface area contributed by atoms with E-state index in [9.17, 15) is 14.3 Å². The van der Waals surface area contributed by atoms with Crippen LogP contribution in [-0.4, -0.2) is 43.4 Å². The maximum atomic E-state index is 14.5. The molecule has 4 bridgehead atoms. The number of rotatable bonds is 2. The van der Waals surface area contributed by atoms with E-state index < -0.39 is 11.5 Å². The van der Waals surface area contributed by atoms with E-state index in [0.29, 0.717) is 29.4 Å². The molecule has 2 aromatic rings. The van der Waals surface area contributed by atoms with E-state index in [-0.39, 0.29) is 29.2 Å². The van der Waals surface area contributed by atoms with Crippen LogP contribution in [0.5, 0.6) is 0 Å². The van der Waals surface area contributed by atoms with Gasteiger partial charge in [-0.15, -0.1) is 0 Å². The fourth-order valence-electron chi connectivity index (χ4n) is 6.41. The zero-order chi connectivity index (χ0) is 19.1. The lowest BCUT2D eigenvalue weighted by atomic mass is 9.54. The molecule has 144 valence electrons. The fourth-order valence-corrected chi connectivity index (χ4v) is 6.41. The van der Waals surface area contributed by atoms with Crippen LogP contribution in [-0.2, 0) is 11.8 Å². The minimum atomic E-state index is -0.621. The van der Waals surface area contributed by atoms with Crippen LogP contribution in [0.3, 0.4) is 0 Å². The van der Waals surface area contributed by atoms with Crippen molar-refractivity contribution in [2.75, 3.05) is 0 Å². The molecule has 3 heterocycles. The first kappa shape index (κ1) is 17.2. The largest absolute Gasteiger partial charge is 0.390 e. The highest BCUT2D eigenvalue weighted by Gasteiger charge is 2.59. The molecule has 2 aliphatic carbocycles. The highest BCUT2D eigenvalue weighted by atomic mass is 19.1. The third kappa shape index (κ3) is 2.38. The first-order valence-corrected chi connectivity index (χ1v) is 9.85. The minimum absolute atomic E-state index is 0.0132. The molecule has 2 saturated carbocycles. The topological polar surface area (TPSA) is 58.4 Å². The van der Waals surface area contributed by atoms with Gasteiger partial charge < -0.3 is 10.0 Å². The van der Waals surface area contributed by atoms with Crippen LogP contribution >= 0.6 is 0 Å². The lowest BCUT2D eigenvalue weighted by molar-refractivity contribution is -0.193. The Morgan fingerprint density at radius 3 is 2.59 bits per heavy atom. The van der Waals surface area contributed by atoms with Gasteiger partial charge in [-0.05, 0) is 56.6 Å². The number of aliphatic hydroxyl groups is 1. The molecule has 3 atom stereocenters. The molecule has 6 heteroatoms. The van der Waals surface area contributed by atoms with Crippen molar-refractivity contribution in [2.24, 2.45) is 12.5 Å². The lowest BCUT2D eigenvalue weighted by Crippen LogP contribution is -2.68. The SMILES string of the molecule is CC(C(=O)N1C2CC3(C)CC1CC(O)(C2)C3)c1nn(C)c2cccc(F)c12. The number of benzene rings is 1. The van der Waals surface area contributed by atoms with Gasteiger partial charge in [-0.2, -0.15) is 5.10 Å². The first-order valence-electron chi connectivity index (χ1n) is 9.85. The number of halogens is 1. The number of fused-ring (bicyclic) bond motifs is 1. The summed E-state index contributed by atoms with van der Waals surface area (Å²) in [5.74, 6) is -0.831. The fraction of sp³-hybridized carbons (Fsp3) is 0.619. The van der Waals surface area contributed by atoms with Crippen molar-refractivity contribution in [3.8, 4) is 0 Å². The van der Waals surface area contributed by atoms with Crippen LogP contribution in [0, 0.1) is 11.2 Å². The second-order valence-corrected chi connectivity index (χ2v) is 9.45. The van der Waals surface area contributed by atoms with E-state index >= 15 is 0 Å². The summed E-state index contributed by atoms with van der Waals surface area (Å²) in [5, 5.41) is 15.8. The molecule has 4 aliphatic rings. The highest BCUT2D eigenvalue weighted by molar-refractivity contribution is 5.91. The standard InChI is InChI=1S/C21H26FN3O2/c1-12(18-17-15(22)5-4-6-16(17)24(3)23-18)19(26)25-13-7-20(2)8-14(25)10-21(27,9-13)11-20/h4-6,12-14,27H,7-11H2,1-3H3. The second-order valence-electron chi connectivity index (χ2n) is 9.45. The number of piperidine rings is 2. The Labute approximate surface area is 158 Å². The van der Waals surface area contributed by atoms with Crippen LogP contribution in [0.25, 0.3) is 10.9 Å². The maximum Gasteiger partial charge on any atom is 0.232 e. The van der Waals surface area contributed by atoms with Crippen molar-refractivity contribution in [1.29, 1.82) is 0 Å². The lowest BCUT2D eigenvalue weighted by Gasteiger charge is -2.63. The van der Waals surface area contributed by atoms with Gasteiger partial charge in [0.15, 0.2) is 0 Å². The van der Waals surface area contributed by atoms with Gasteiger partial charge in [0.25, 0.3) is 0 Å². The van der Waals surface area contributed by atoms with Crippen molar-refractivity contribution >= 4 is 16.8 Å². The molecule has 0 spiro atoms. The summed E-state index contributed by atoms with van der Waals surface area (Å²) in [7, 11) is 1.78. The molecule has 1 aromatic heterocycles. The molecule has 2 aliphatic heterocycles. The summed E-state index contributed by atoms with van der Waals surface area (Å²) in [6, 6.07) is 5.07. The van der Waals surface area contributed by atoms with Gasteiger partial charge >= 0.3 is 0 Å². The number of hydrogen-bond donors (Lipinski definition) is 1. The number of hydrogen-bond acceptors (Lipinski definition) is 3. The van der Waals surface area contributed by atoms with E-state index in [2.05, 4.69) is 12.0 Å². The van der Waals surface area contributed by atoms with Crippen LogP contribution in [0.15, 0.2) is 18.2 Å². The van der Waals surface area contributed by atoms with Crippen molar-refractivity contribution < 1.29 is 14.3 Å². The minimum Gasteiger partial charge on any atom is -0.390 e. The van der Waals surface area contributed by atoms with Crippen LogP contribution in [0.2, 0.25) is 0 Å². The Balaban J connectivity index is 1.51. The van der Waals surface area contributed by atoms with Crippen LogP contribution in [0.1, 0.15) is 57.6 Å². The summed E-state index contributed by atoms with van der Waals surface area (Å²) in [6.45, 7) is 4.07. The predicted octanol–water partition coefficient (Wildman–Crippen LogP) is 3.11. The third-order valence-electron chi connectivity index (χ3n) is 7.12. The quantitative estimate of drug-likeness (QED) is 0.882. The number of aromatic nitrogens is 2. The number of amides is 1. The number of carbonyl (C=O) groups excluding carboxylic acids is 1. The van der Waals surface area contributed by atoms with Gasteiger partial charge in [0.1, 0.15) is 5.82 Å². The molecule has 2 saturated heterocycles. The normalized spacial score (nSPS) is 35.8. The number of carbonyl (C=O) groups is 1. The average Bonchev–Trinajstić information content (AvgIpc) is 2.89. The Hall–Kier alpha value is -1.95. The Morgan fingerprint density at radius 2 is 1.96 bits per heavy atom. The van der Waals surface area contributed by atoms with Crippen LogP contribution in [0.4, 0.5) is 4.39 Å². The molecule has 27 heavy (non-hydrogen) atoms. The maximum absolute atomic E-state index is 14.5. The molecule has 4 fully saturated rings. The monoisotopic (exact) mass is 371 g/mol. The predicted molar refractivity (Wildman–Crippen MR) is 99.7 cm³/mol. The van der Waals surface area contributed by atoms with Gasteiger partial charge in [0, 0.05) is 19.1 Å². The number of aryl methyl sites for hydroxylation is 1. The van der Waals surface area contributed by atoms with Crippen molar-refractivity contribution in [2.45, 2.75) is 69.6 Å². The Morgan fingerprint density at radius 1 is 1.30 bits per heavy atom. The van der Waals surface area contributed by atoms with E-state index in [1.807, 2.05) is 17.9 Å². The average molecular weight is 371 g/mol. The summed E-state index contributed by atoms with van der Waals surface area (Å²) >= 11 is 0. The van der Waals surface area contributed by atoms with Crippen molar-refractivity contribution in [1.82, 2.24) is 14.7 Å². The van der Waals surface area contributed by atoms with E-state index in [1.165, 1.54) is 6.07 Å². The number of nitrogens with zero attached hydrogens (tertiary/aromatic N) is 3. The van der Waals surface area contributed by atoms with Gasteiger partial charge in [-0.1, -0.05) is 13.0 Å². The molecule has 1 N–H and O–H groups in total. The molecule has 6 rings (SSSR count).